The van der Waals surface area contributed by atoms with Crippen molar-refractivity contribution in [2.24, 2.45) is 11.8 Å². The van der Waals surface area contributed by atoms with Gasteiger partial charge in [0.05, 0.1) is 6.61 Å². The molecule has 1 unspecified atom stereocenters. The van der Waals surface area contributed by atoms with E-state index in [9.17, 15) is 9.59 Å². The number of nitrogens with zero attached hydrogens (tertiary/aromatic N) is 1. The van der Waals surface area contributed by atoms with Crippen LogP contribution in [-0.2, 0) is 16.0 Å². The summed E-state index contributed by atoms with van der Waals surface area (Å²) >= 11 is 0. The summed E-state index contributed by atoms with van der Waals surface area (Å²) in [4.78, 5) is 28.6. The van der Waals surface area contributed by atoms with Crippen molar-refractivity contribution in [3.8, 4) is 0 Å². The highest BCUT2D eigenvalue weighted by Crippen LogP contribution is 2.20. The molecule has 0 N–H and O–H groups in total. The molecule has 104 valence electrons. The van der Waals surface area contributed by atoms with Gasteiger partial charge in [0.2, 0.25) is 0 Å². The molecule has 0 aliphatic carbocycles. The second kappa shape index (κ2) is 7.02. The highest BCUT2D eigenvalue weighted by Gasteiger charge is 2.33. The molecule has 0 spiro atoms. The second-order valence-corrected chi connectivity index (χ2v) is 4.70. The molecule has 0 saturated carbocycles. The monoisotopic (exact) mass is 263 g/mol. The molecule has 4 nitrogen and oxygen atoms in total. The van der Waals surface area contributed by atoms with Gasteiger partial charge in [0, 0.05) is 6.20 Å². The van der Waals surface area contributed by atoms with E-state index in [1.807, 2.05) is 26.8 Å². The molecule has 0 aromatic carbocycles. The van der Waals surface area contributed by atoms with Crippen molar-refractivity contribution in [3.63, 3.8) is 0 Å². The van der Waals surface area contributed by atoms with Gasteiger partial charge >= 0.3 is 5.97 Å². The van der Waals surface area contributed by atoms with E-state index < -0.39 is 11.9 Å². The lowest BCUT2D eigenvalue weighted by atomic mass is 9.88. The first-order chi connectivity index (χ1) is 9.02. The summed E-state index contributed by atoms with van der Waals surface area (Å²) in [6.45, 7) is 7.65. The first-order valence-corrected chi connectivity index (χ1v) is 6.67. The number of hydrogen-bond acceptors (Lipinski definition) is 4. The topological polar surface area (TPSA) is 56.3 Å². The van der Waals surface area contributed by atoms with Crippen molar-refractivity contribution in [2.45, 2.75) is 34.1 Å². The molecule has 1 aromatic rings. The maximum atomic E-state index is 12.5. The largest absolute Gasteiger partial charge is 0.465 e. The van der Waals surface area contributed by atoms with Crippen molar-refractivity contribution in [3.05, 3.63) is 29.6 Å². The van der Waals surface area contributed by atoms with Crippen molar-refractivity contribution < 1.29 is 14.3 Å². The molecule has 1 aromatic heterocycles. The smallest absolute Gasteiger partial charge is 0.317 e. The van der Waals surface area contributed by atoms with Gasteiger partial charge in [-0.05, 0) is 30.9 Å². The van der Waals surface area contributed by atoms with Crippen LogP contribution in [0.1, 0.15) is 43.7 Å². The number of pyridine rings is 1. The van der Waals surface area contributed by atoms with Crippen molar-refractivity contribution in [2.75, 3.05) is 6.61 Å². The van der Waals surface area contributed by atoms with E-state index in [-0.39, 0.29) is 18.3 Å². The molecular weight excluding hydrogens is 242 g/mol. The van der Waals surface area contributed by atoms with E-state index in [1.54, 1.807) is 19.2 Å². The Morgan fingerprint density at radius 1 is 1.32 bits per heavy atom. The van der Waals surface area contributed by atoms with E-state index in [2.05, 4.69) is 4.98 Å². The Morgan fingerprint density at radius 3 is 2.53 bits per heavy atom. The van der Waals surface area contributed by atoms with E-state index >= 15 is 0 Å². The van der Waals surface area contributed by atoms with E-state index in [4.69, 9.17) is 4.74 Å². The minimum Gasteiger partial charge on any atom is -0.465 e. The fourth-order valence-electron chi connectivity index (χ4n) is 2.01. The maximum Gasteiger partial charge on any atom is 0.317 e. The van der Waals surface area contributed by atoms with Gasteiger partial charge in [-0.15, -0.1) is 0 Å². The number of carbonyl (C=O) groups is 2. The molecule has 0 saturated heterocycles. The van der Waals surface area contributed by atoms with Crippen LogP contribution in [0.3, 0.4) is 0 Å². The molecule has 0 fully saturated rings. The zero-order valence-electron chi connectivity index (χ0n) is 12.0. The maximum absolute atomic E-state index is 12.5. The van der Waals surface area contributed by atoms with Crippen LogP contribution in [0, 0.1) is 11.8 Å². The lowest BCUT2D eigenvalue weighted by Crippen LogP contribution is -2.32. The van der Waals surface area contributed by atoms with E-state index in [1.165, 1.54) is 0 Å². The van der Waals surface area contributed by atoms with Crippen LogP contribution < -0.4 is 0 Å². The normalized spacial score (nSPS) is 12.3. The van der Waals surface area contributed by atoms with Crippen LogP contribution in [-0.4, -0.2) is 23.3 Å². The summed E-state index contributed by atoms with van der Waals surface area (Å²) in [5.41, 5.74) is 1.25. The van der Waals surface area contributed by atoms with Gasteiger partial charge in [0.1, 0.15) is 11.6 Å². The Balaban J connectivity index is 3.09. The number of hydrogen-bond donors (Lipinski definition) is 0. The Bertz CT molecular complexity index is 454. The summed E-state index contributed by atoms with van der Waals surface area (Å²) in [5, 5.41) is 0. The van der Waals surface area contributed by atoms with Gasteiger partial charge < -0.3 is 4.74 Å². The van der Waals surface area contributed by atoms with Crippen LogP contribution >= 0.6 is 0 Å². The number of ketones is 1. The number of Topliss-reactive ketones (excluding diaryl/α,β-unsaturated/α-hetero) is 1. The SMILES string of the molecule is CCOC(=O)C(C(=O)c1ncccc1CC)C(C)C. The zero-order chi connectivity index (χ0) is 14.4. The first-order valence-electron chi connectivity index (χ1n) is 6.67. The first kappa shape index (κ1) is 15.3. The lowest BCUT2D eigenvalue weighted by molar-refractivity contribution is -0.147. The zero-order valence-corrected chi connectivity index (χ0v) is 12.0. The molecular formula is C15H21NO3. The second-order valence-electron chi connectivity index (χ2n) is 4.70. The lowest BCUT2D eigenvalue weighted by Gasteiger charge is -2.18. The summed E-state index contributed by atoms with van der Waals surface area (Å²) in [5.74, 6) is -1.60. The summed E-state index contributed by atoms with van der Waals surface area (Å²) in [6, 6.07) is 3.66. The number of rotatable bonds is 6. The third-order valence-corrected chi connectivity index (χ3v) is 3.00. The van der Waals surface area contributed by atoms with Crippen LogP contribution in [0.25, 0.3) is 0 Å². The molecule has 0 aliphatic rings. The van der Waals surface area contributed by atoms with Crippen LogP contribution in [0.4, 0.5) is 0 Å². The van der Waals surface area contributed by atoms with E-state index in [0.717, 1.165) is 5.56 Å². The predicted molar refractivity (Wildman–Crippen MR) is 72.9 cm³/mol. The quantitative estimate of drug-likeness (QED) is 0.450. The molecule has 0 amide bonds. The average molecular weight is 263 g/mol. The highest BCUT2D eigenvalue weighted by molar-refractivity contribution is 6.08. The van der Waals surface area contributed by atoms with Gasteiger partial charge in [0.25, 0.3) is 0 Å². The molecule has 0 bridgehead atoms. The standard InChI is InChI=1S/C15H21NO3/c1-5-11-8-7-9-16-13(11)14(17)12(10(3)4)15(18)19-6-2/h7-10,12H,5-6H2,1-4H3. The number of esters is 1. The number of aryl methyl sites for hydroxylation is 1. The summed E-state index contributed by atoms with van der Waals surface area (Å²) in [7, 11) is 0. The van der Waals surface area contributed by atoms with Gasteiger partial charge in [-0.3, -0.25) is 14.6 Å². The Hall–Kier alpha value is -1.71. The molecule has 0 radical (unpaired) electrons. The molecule has 1 atom stereocenters. The molecule has 4 heteroatoms. The van der Waals surface area contributed by atoms with Crippen molar-refractivity contribution in [1.82, 2.24) is 4.98 Å². The fraction of sp³-hybridized carbons (Fsp3) is 0.533. The summed E-state index contributed by atoms with van der Waals surface area (Å²) in [6.07, 6.45) is 2.29. The third-order valence-electron chi connectivity index (χ3n) is 3.00. The van der Waals surface area contributed by atoms with Gasteiger partial charge in [0.15, 0.2) is 5.78 Å². The molecule has 19 heavy (non-hydrogen) atoms. The Labute approximate surface area is 114 Å². The Morgan fingerprint density at radius 2 is 2.00 bits per heavy atom. The molecule has 0 aliphatic heterocycles. The van der Waals surface area contributed by atoms with E-state index in [0.29, 0.717) is 12.1 Å². The average Bonchev–Trinajstić information content (AvgIpc) is 2.38. The minimum atomic E-state index is -0.778. The van der Waals surface area contributed by atoms with Crippen molar-refractivity contribution >= 4 is 11.8 Å². The van der Waals surface area contributed by atoms with Gasteiger partial charge in [-0.25, -0.2) is 0 Å². The van der Waals surface area contributed by atoms with Gasteiger partial charge in [-0.2, -0.15) is 0 Å². The highest BCUT2D eigenvalue weighted by atomic mass is 16.5. The number of ether oxygens (including phenoxy) is 1. The third kappa shape index (κ3) is 3.63. The molecule has 1 heterocycles. The Kier molecular flexibility index (Phi) is 5.67. The molecule has 1 rings (SSSR count). The van der Waals surface area contributed by atoms with Crippen LogP contribution in [0.2, 0.25) is 0 Å². The van der Waals surface area contributed by atoms with Gasteiger partial charge in [-0.1, -0.05) is 26.8 Å². The predicted octanol–water partition coefficient (Wildman–Crippen LogP) is 2.66. The number of aromatic nitrogens is 1. The van der Waals surface area contributed by atoms with Crippen molar-refractivity contribution in [1.29, 1.82) is 0 Å². The minimum absolute atomic E-state index is 0.113. The van der Waals surface area contributed by atoms with Crippen LogP contribution in [0.15, 0.2) is 18.3 Å². The fourth-order valence-corrected chi connectivity index (χ4v) is 2.01. The van der Waals surface area contributed by atoms with Crippen LogP contribution in [0.5, 0.6) is 0 Å². The summed E-state index contributed by atoms with van der Waals surface area (Å²) < 4.78 is 4.99. The number of carbonyl (C=O) groups excluding carboxylic acids is 2.